The highest BCUT2D eigenvalue weighted by atomic mass is 79.9. The normalized spacial score (nSPS) is 10.8. The molecule has 0 bridgehead atoms. The van der Waals surface area contributed by atoms with Gasteiger partial charge >= 0.3 is 0 Å². The maximum Gasteiger partial charge on any atom is 0.281 e. The van der Waals surface area contributed by atoms with Gasteiger partial charge in [-0.3, -0.25) is 4.79 Å². The van der Waals surface area contributed by atoms with E-state index >= 15 is 0 Å². The number of benzene rings is 2. The van der Waals surface area contributed by atoms with Crippen LogP contribution in [0.3, 0.4) is 0 Å². The highest BCUT2D eigenvalue weighted by Crippen LogP contribution is 2.21. The van der Waals surface area contributed by atoms with Crippen LogP contribution in [0.1, 0.15) is 21.5 Å². The van der Waals surface area contributed by atoms with Crippen LogP contribution >= 0.6 is 15.9 Å². The van der Waals surface area contributed by atoms with Gasteiger partial charge in [0.2, 0.25) is 11.8 Å². The molecule has 0 aliphatic carbocycles. The molecule has 0 saturated carbocycles. The molecule has 6 nitrogen and oxygen atoms in total. The zero-order valence-corrected chi connectivity index (χ0v) is 16.7. The number of hydrogen-bond acceptors (Lipinski definition) is 5. The maximum atomic E-state index is 13.1. The third-order valence-corrected chi connectivity index (χ3v) is 4.75. The predicted octanol–water partition coefficient (Wildman–Crippen LogP) is 4.91. The molecular formula is C21H17BrN4O2. The van der Waals surface area contributed by atoms with Gasteiger partial charge in [0, 0.05) is 16.6 Å². The molecule has 7 heteroatoms. The van der Waals surface area contributed by atoms with Gasteiger partial charge in [-0.25, -0.2) is 0 Å². The van der Waals surface area contributed by atoms with Gasteiger partial charge in [0.1, 0.15) is 0 Å². The summed E-state index contributed by atoms with van der Waals surface area (Å²) in [5.74, 6) is 0.963. The van der Waals surface area contributed by atoms with Crippen molar-refractivity contribution >= 4 is 27.8 Å². The minimum Gasteiger partial charge on any atom is -0.461 e. The molecule has 28 heavy (non-hydrogen) atoms. The van der Waals surface area contributed by atoms with Crippen LogP contribution in [-0.2, 0) is 6.54 Å². The van der Waals surface area contributed by atoms with E-state index in [1.54, 1.807) is 24.5 Å². The zero-order valence-electron chi connectivity index (χ0n) is 15.1. The smallest absolute Gasteiger partial charge is 0.281 e. The van der Waals surface area contributed by atoms with Crippen LogP contribution in [0.4, 0.5) is 5.95 Å². The third kappa shape index (κ3) is 3.75. The number of carbonyl (C=O) groups is 1. The SMILES string of the molecule is Cc1ccccc1C(=O)n1nc(-c2ccco2)nc1NCc1cccc(Br)c1. The van der Waals surface area contributed by atoms with Crippen molar-refractivity contribution < 1.29 is 9.21 Å². The first-order valence-electron chi connectivity index (χ1n) is 8.71. The van der Waals surface area contributed by atoms with Crippen molar-refractivity contribution in [1.82, 2.24) is 14.8 Å². The lowest BCUT2D eigenvalue weighted by atomic mass is 10.1. The Kier molecular flexibility index (Phi) is 5.08. The summed E-state index contributed by atoms with van der Waals surface area (Å²) in [5.41, 5.74) is 2.50. The van der Waals surface area contributed by atoms with Gasteiger partial charge in [0.05, 0.1) is 6.26 Å². The fraction of sp³-hybridized carbons (Fsp3) is 0.0952. The molecule has 0 atom stereocenters. The quantitative estimate of drug-likeness (QED) is 0.481. The molecule has 2 aromatic carbocycles. The first-order valence-corrected chi connectivity index (χ1v) is 9.51. The molecule has 4 rings (SSSR count). The van der Waals surface area contributed by atoms with Crippen molar-refractivity contribution in [2.24, 2.45) is 0 Å². The standard InChI is InChI=1S/C21H17BrN4O2/c1-14-6-2-3-9-17(14)20(27)26-21(23-13-15-7-4-8-16(22)12-15)24-19(25-26)18-10-5-11-28-18/h2-12H,13H2,1H3,(H,23,24,25). The van der Waals surface area contributed by atoms with E-state index in [2.05, 4.69) is 31.3 Å². The fourth-order valence-corrected chi connectivity index (χ4v) is 3.28. The molecule has 0 aliphatic rings. The van der Waals surface area contributed by atoms with Gasteiger partial charge in [-0.15, -0.1) is 5.10 Å². The molecule has 0 spiro atoms. The molecule has 0 aliphatic heterocycles. The number of furan rings is 1. The molecule has 0 amide bonds. The van der Waals surface area contributed by atoms with Gasteiger partial charge in [-0.2, -0.15) is 9.67 Å². The highest BCUT2D eigenvalue weighted by molar-refractivity contribution is 9.10. The monoisotopic (exact) mass is 436 g/mol. The largest absolute Gasteiger partial charge is 0.461 e. The molecule has 4 aromatic rings. The summed E-state index contributed by atoms with van der Waals surface area (Å²) in [6.07, 6.45) is 1.55. The molecule has 0 fully saturated rings. The number of halogens is 1. The summed E-state index contributed by atoms with van der Waals surface area (Å²) in [6, 6.07) is 18.8. The topological polar surface area (TPSA) is 73.0 Å². The lowest BCUT2D eigenvalue weighted by molar-refractivity contribution is 0.0947. The van der Waals surface area contributed by atoms with Crippen LogP contribution in [0.2, 0.25) is 0 Å². The second-order valence-corrected chi connectivity index (χ2v) is 7.17. The van der Waals surface area contributed by atoms with E-state index in [4.69, 9.17) is 4.42 Å². The summed E-state index contributed by atoms with van der Waals surface area (Å²) in [6.45, 7) is 2.39. The Labute approximate surface area is 170 Å². The maximum absolute atomic E-state index is 13.1. The second-order valence-electron chi connectivity index (χ2n) is 6.25. The Balaban J connectivity index is 1.69. The van der Waals surface area contributed by atoms with Gasteiger partial charge < -0.3 is 9.73 Å². The molecule has 1 N–H and O–H groups in total. The summed E-state index contributed by atoms with van der Waals surface area (Å²) >= 11 is 3.47. The number of nitrogens with zero attached hydrogens (tertiary/aromatic N) is 3. The minimum atomic E-state index is -0.250. The Hall–Kier alpha value is -3.19. The zero-order chi connectivity index (χ0) is 19.5. The number of aromatic nitrogens is 3. The average molecular weight is 437 g/mol. The summed E-state index contributed by atoms with van der Waals surface area (Å²) in [4.78, 5) is 17.6. The Morgan fingerprint density at radius 3 is 2.75 bits per heavy atom. The van der Waals surface area contributed by atoms with Crippen LogP contribution < -0.4 is 5.32 Å². The fourth-order valence-electron chi connectivity index (χ4n) is 2.83. The van der Waals surface area contributed by atoms with E-state index in [1.807, 2.05) is 49.4 Å². The highest BCUT2D eigenvalue weighted by Gasteiger charge is 2.20. The summed E-state index contributed by atoms with van der Waals surface area (Å²) in [7, 11) is 0. The van der Waals surface area contributed by atoms with Crippen molar-refractivity contribution in [2.75, 3.05) is 5.32 Å². The Morgan fingerprint density at radius 2 is 2.00 bits per heavy atom. The van der Waals surface area contributed by atoms with E-state index in [9.17, 15) is 4.79 Å². The van der Waals surface area contributed by atoms with Crippen LogP contribution in [-0.4, -0.2) is 20.7 Å². The van der Waals surface area contributed by atoms with E-state index in [0.717, 1.165) is 15.6 Å². The average Bonchev–Trinajstić information content (AvgIpc) is 3.36. The molecule has 0 unspecified atom stereocenters. The Morgan fingerprint density at radius 1 is 1.14 bits per heavy atom. The minimum absolute atomic E-state index is 0.250. The first kappa shape index (κ1) is 18.2. The molecule has 2 heterocycles. The third-order valence-electron chi connectivity index (χ3n) is 4.26. The number of nitrogens with one attached hydrogen (secondary N) is 1. The number of rotatable bonds is 5. The second kappa shape index (κ2) is 7.82. The summed E-state index contributed by atoms with van der Waals surface area (Å²) < 4.78 is 7.67. The van der Waals surface area contributed by atoms with E-state index in [0.29, 0.717) is 29.6 Å². The molecule has 0 radical (unpaired) electrons. The van der Waals surface area contributed by atoms with Crippen LogP contribution in [0.15, 0.2) is 75.8 Å². The van der Waals surface area contributed by atoms with Crippen LogP contribution in [0, 0.1) is 6.92 Å². The van der Waals surface area contributed by atoms with Gasteiger partial charge in [-0.05, 0) is 48.4 Å². The predicted molar refractivity (Wildman–Crippen MR) is 110 cm³/mol. The van der Waals surface area contributed by atoms with Crippen LogP contribution in [0.25, 0.3) is 11.6 Å². The number of hydrogen-bond donors (Lipinski definition) is 1. The van der Waals surface area contributed by atoms with Crippen molar-refractivity contribution in [3.63, 3.8) is 0 Å². The number of aryl methyl sites for hydroxylation is 1. The molecule has 0 saturated heterocycles. The van der Waals surface area contributed by atoms with Gasteiger partial charge in [0.15, 0.2) is 5.76 Å². The lowest BCUT2D eigenvalue weighted by Crippen LogP contribution is -2.18. The molecular weight excluding hydrogens is 420 g/mol. The molecule has 140 valence electrons. The molecule has 2 aromatic heterocycles. The van der Waals surface area contributed by atoms with E-state index in [1.165, 1.54) is 4.68 Å². The van der Waals surface area contributed by atoms with Crippen molar-refractivity contribution in [1.29, 1.82) is 0 Å². The van der Waals surface area contributed by atoms with E-state index < -0.39 is 0 Å². The van der Waals surface area contributed by atoms with Crippen molar-refractivity contribution in [3.8, 4) is 11.6 Å². The number of carbonyl (C=O) groups excluding carboxylic acids is 1. The van der Waals surface area contributed by atoms with E-state index in [-0.39, 0.29) is 5.91 Å². The van der Waals surface area contributed by atoms with Crippen LogP contribution in [0.5, 0.6) is 0 Å². The Bertz CT molecular complexity index is 1120. The summed E-state index contributed by atoms with van der Waals surface area (Å²) in [5, 5.41) is 7.61. The van der Waals surface area contributed by atoms with Crippen molar-refractivity contribution in [3.05, 3.63) is 88.1 Å². The lowest BCUT2D eigenvalue weighted by Gasteiger charge is -2.09. The van der Waals surface area contributed by atoms with Gasteiger partial charge in [-0.1, -0.05) is 46.3 Å². The number of anilines is 1. The van der Waals surface area contributed by atoms with Crippen molar-refractivity contribution in [2.45, 2.75) is 13.5 Å². The van der Waals surface area contributed by atoms with Gasteiger partial charge in [0.25, 0.3) is 5.91 Å². The first-order chi connectivity index (χ1) is 13.6.